The summed E-state index contributed by atoms with van der Waals surface area (Å²) in [7, 11) is 1.79. The number of para-hydroxylation sites is 1. The zero-order chi connectivity index (χ0) is 12.3. The van der Waals surface area contributed by atoms with Gasteiger partial charge in [-0.05, 0) is 18.6 Å². The fourth-order valence-electron chi connectivity index (χ4n) is 2.00. The van der Waals surface area contributed by atoms with Gasteiger partial charge in [0.15, 0.2) is 0 Å². The minimum Gasteiger partial charge on any atom is -0.366 e. The summed E-state index contributed by atoms with van der Waals surface area (Å²) in [6, 6.07) is 7.85. The van der Waals surface area contributed by atoms with Gasteiger partial charge >= 0.3 is 0 Å². The van der Waals surface area contributed by atoms with Gasteiger partial charge in [-0.3, -0.25) is 4.79 Å². The molecule has 1 N–H and O–H groups in total. The van der Waals surface area contributed by atoms with E-state index in [9.17, 15) is 4.79 Å². The van der Waals surface area contributed by atoms with Gasteiger partial charge in [0.2, 0.25) is 0 Å². The van der Waals surface area contributed by atoms with E-state index in [4.69, 9.17) is 4.74 Å². The SMILES string of the molecule is Cc1ccccc1N(C)C(=O)C1CNCCO1. The van der Waals surface area contributed by atoms with Gasteiger partial charge in [-0.1, -0.05) is 18.2 Å². The fraction of sp³-hybridized carbons (Fsp3) is 0.462. The molecule has 1 aliphatic heterocycles. The molecule has 0 aliphatic carbocycles. The van der Waals surface area contributed by atoms with Gasteiger partial charge in [-0.15, -0.1) is 0 Å². The molecule has 2 rings (SSSR count). The van der Waals surface area contributed by atoms with Gasteiger partial charge in [-0.2, -0.15) is 0 Å². The third-order valence-corrected chi connectivity index (χ3v) is 3.01. The lowest BCUT2D eigenvalue weighted by molar-refractivity contribution is -0.131. The second-order valence-electron chi connectivity index (χ2n) is 4.25. The first-order valence-corrected chi connectivity index (χ1v) is 5.85. The number of nitrogens with zero attached hydrogens (tertiary/aromatic N) is 1. The predicted molar refractivity (Wildman–Crippen MR) is 67.2 cm³/mol. The molecule has 0 saturated carbocycles. The molecule has 4 nitrogen and oxygen atoms in total. The second kappa shape index (κ2) is 5.29. The molecule has 0 aromatic heterocycles. The van der Waals surface area contributed by atoms with Crippen molar-refractivity contribution in [2.45, 2.75) is 13.0 Å². The Hall–Kier alpha value is -1.39. The van der Waals surface area contributed by atoms with E-state index in [1.807, 2.05) is 31.2 Å². The molecule has 1 aliphatic rings. The Morgan fingerprint density at radius 1 is 1.47 bits per heavy atom. The van der Waals surface area contributed by atoms with E-state index < -0.39 is 0 Å². The van der Waals surface area contributed by atoms with Gasteiger partial charge in [-0.25, -0.2) is 0 Å². The number of carbonyl (C=O) groups excluding carboxylic acids is 1. The Labute approximate surface area is 102 Å². The van der Waals surface area contributed by atoms with E-state index in [0.29, 0.717) is 13.2 Å². The smallest absolute Gasteiger partial charge is 0.257 e. The molecule has 1 unspecified atom stereocenters. The van der Waals surface area contributed by atoms with Crippen LogP contribution in [0.5, 0.6) is 0 Å². The number of morpholine rings is 1. The minimum atomic E-state index is -0.367. The lowest BCUT2D eigenvalue weighted by atomic mass is 10.1. The lowest BCUT2D eigenvalue weighted by Crippen LogP contribution is -2.48. The molecule has 92 valence electrons. The van der Waals surface area contributed by atoms with Crippen molar-refractivity contribution in [1.29, 1.82) is 0 Å². The fourth-order valence-corrected chi connectivity index (χ4v) is 2.00. The number of benzene rings is 1. The summed E-state index contributed by atoms with van der Waals surface area (Å²) in [6.45, 7) is 4.00. The van der Waals surface area contributed by atoms with Crippen molar-refractivity contribution in [3.8, 4) is 0 Å². The van der Waals surface area contributed by atoms with Crippen molar-refractivity contribution < 1.29 is 9.53 Å². The molecule has 0 radical (unpaired) electrons. The molecule has 4 heteroatoms. The van der Waals surface area contributed by atoms with E-state index in [1.54, 1.807) is 11.9 Å². The number of rotatable bonds is 2. The highest BCUT2D eigenvalue weighted by Gasteiger charge is 2.25. The number of amides is 1. The largest absolute Gasteiger partial charge is 0.366 e. The third kappa shape index (κ3) is 2.65. The molecule has 1 atom stereocenters. The van der Waals surface area contributed by atoms with Gasteiger partial charge in [0.05, 0.1) is 6.61 Å². The van der Waals surface area contributed by atoms with E-state index >= 15 is 0 Å². The normalized spacial score (nSPS) is 20.0. The number of nitrogens with one attached hydrogen (secondary N) is 1. The highest BCUT2D eigenvalue weighted by molar-refractivity contribution is 5.96. The highest BCUT2D eigenvalue weighted by Crippen LogP contribution is 2.19. The van der Waals surface area contributed by atoms with Crippen molar-refractivity contribution >= 4 is 11.6 Å². The average molecular weight is 234 g/mol. The van der Waals surface area contributed by atoms with Gasteiger partial charge in [0.25, 0.3) is 5.91 Å². The Morgan fingerprint density at radius 3 is 2.88 bits per heavy atom. The summed E-state index contributed by atoms with van der Waals surface area (Å²) in [4.78, 5) is 13.9. The third-order valence-electron chi connectivity index (χ3n) is 3.01. The van der Waals surface area contributed by atoms with Gasteiger partial charge in [0.1, 0.15) is 6.10 Å². The first-order chi connectivity index (χ1) is 8.20. The Balaban J connectivity index is 2.11. The number of hydrogen-bond acceptors (Lipinski definition) is 3. The summed E-state index contributed by atoms with van der Waals surface area (Å²) < 4.78 is 5.47. The number of anilines is 1. The van der Waals surface area contributed by atoms with Crippen LogP contribution in [0.25, 0.3) is 0 Å². The van der Waals surface area contributed by atoms with Gasteiger partial charge in [0, 0.05) is 25.8 Å². The quantitative estimate of drug-likeness (QED) is 0.828. The predicted octanol–water partition coefficient (Wildman–Crippen LogP) is 0.946. The van der Waals surface area contributed by atoms with Crippen molar-refractivity contribution in [2.24, 2.45) is 0 Å². The maximum atomic E-state index is 12.2. The van der Waals surface area contributed by atoms with Crippen molar-refractivity contribution in [2.75, 3.05) is 31.6 Å². The number of aryl methyl sites for hydroxylation is 1. The Bertz CT molecular complexity index is 400. The second-order valence-corrected chi connectivity index (χ2v) is 4.25. The number of likely N-dealkylation sites (N-methyl/N-ethyl adjacent to an activating group) is 1. The van der Waals surface area contributed by atoms with Crippen LogP contribution in [0.4, 0.5) is 5.69 Å². The van der Waals surface area contributed by atoms with E-state index in [2.05, 4.69) is 5.32 Å². The van der Waals surface area contributed by atoms with E-state index in [-0.39, 0.29) is 12.0 Å². The lowest BCUT2D eigenvalue weighted by Gasteiger charge is -2.28. The summed E-state index contributed by atoms with van der Waals surface area (Å²) in [5.41, 5.74) is 2.03. The zero-order valence-electron chi connectivity index (χ0n) is 10.3. The average Bonchev–Trinajstić information content (AvgIpc) is 2.39. The molecular formula is C13H18N2O2. The number of carbonyl (C=O) groups is 1. The Morgan fingerprint density at radius 2 is 2.24 bits per heavy atom. The summed E-state index contributed by atoms with van der Waals surface area (Å²) in [6.07, 6.45) is -0.367. The van der Waals surface area contributed by atoms with Crippen LogP contribution in [0.15, 0.2) is 24.3 Å². The van der Waals surface area contributed by atoms with Crippen molar-refractivity contribution in [3.05, 3.63) is 29.8 Å². The monoisotopic (exact) mass is 234 g/mol. The van der Waals surface area contributed by atoms with Gasteiger partial charge < -0.3 is 15.0 Å². The molecule has 0 bridgehead atoms. The highest BCUT2D eigenvalue weighted by atomic mass is 16.5. The first-order valence-electron chi connectivity index (χ1n) is 5.85. The van der Waals surface area contributed by atoms with E-state index in [0.717, 1.165) is 17.8 Å². The molecular weight excluding hydrogens is 216 g/mol. The van der Waals surface area contributed by atoms with Crippen LogP contribution in [-0.2, 0) is 9.53 Å². The summed E-state index contributed by atoms with van der Waals surface area (Å²) >= 11 is 0. The molecule has 1 aromatic carbocycles. The maximum absolute atomic E-state index is 12.2. The Kier molecular flexibility index (Phi) is 3.76. The number of hydrogen-bond donors (Lipinski definition) is 1. The van der Waals surface area contributed by atoms with Crippen molar-refractivity contribution in [3.63, 3.8) is 0 Å². The van der Waals surface area contributed by atoms with Crippen LogP contribution in [0, 0.1) is 6.92 Å². The van der Waals surface area contributed by atoms with Crippen LogP contribution in [0.3, 0.4) is 0 Å². The van der Waals surface area contributed by atoms with Crippen LogP contribution < -0.4 is 10.2 Å². The first kappa shape index (κ1) is 12.1. The van der Waals surface area contributed by atoms with E-state index in [1.165, 1.54) is 0 Å². The van der Waals surface area contributed by atoms with Crippen LogP contribution >= 0.6 is 0 Å². The van der Waals surface area contributed by atoms with Crippen LogP contribution in [0.2, 0.25) is 0 Å². The minimum absolute atomic E-state index is 0.00602. The summed E-state index contributed by atoms with van der Waals surface area (Å²) in [5.74, 6) is 0.00602. The molecule has 1 amide bonds. The molecule has 1 saturated heterocycles. The molecule has 1 fully saturated rings. The topological polar surface area (TPSA) is 41.6 Å². The number of ether oxygens (including phenoxy) is 1. The molecule has 17 heavy (non-hydrogen) atoms. The molecule has 0 spiro atoms. The molecule has 1 aromatic rings. The summed E-state index contributed by atoms with van der Waals surface area (Å²) in [5, 5.41) is 3.16. The van der Waals surface area contributed by atoms with Crippen LogP contribution in [0.1, 0.15) is 5.56 Å². The maximum Gasteiger partial charge on any atom is 0.257 e. The van der Waals surface area contributed by atoms with Crippen LogP contribution in [-0.4, -0.2) is 38.8 Å². The zero-order valence-corrected chi connectivity index (χ0v) is 10.3. The van der Waals surface area contributed by atoms with Crippen molar-refractivity contribution in [1.82, 2.24) is 5.32 Å². The standard InChI is InChI=1S/C13H18N2O2/c1-10-5-3-4-6-11(10)15(2)13(16)12-9-14-7-8-17-12/h3-6,12,14H,7-9H2,1-2H3. The molecule has 1 heterocycles.